The van der Waals surface area contributed by atoms with E-state index < -0.39 is 0 Å². The van der Waals surface area contributed by atoms with Gasteiger partial charge in [0, 0.05) is 22.0 Å². The predicted molar refractivity (Wildman–Crippen MR) is 90.7 cm³/mol. The highest BCUT2D eigenvalue weighted by molar-refractivity contribution is 9.11. The Bertz CT molecular complexity index is 610. The molecule has 1 aromatic carbocycles. The van der Waals surface area contributed by atoms with Crippen LogP contribution in [0.5, 0.6) is 0 Å². The summed E-state index contributed by atoms with van der Waals surface area (Å²) >= 11 is 11.8. The van der Waals surface area contributed by atoms with Crippen LogP contribution in [0.3, 0.4) is 0 Å². The lowest BCUT2D eigenvalue weighted by molar-refractivity contribution is 0.418. The zero-order valence-electron chi connectivity index (χ0n) is 11.3. The van der Waals surface area contributed by atoms with Gasteiger partial charge < -0.3 is 5.32 Å². The molecule has 0 radical (unpaired) electrons. The third kappa shape index (κ3) is 2.96. The molecule has 4 heteroatoms. The zero-order chi connectivity index (χ0) is 14.1. The summed E-state index contributed by atoms with van der Waals surface area (Å²) < 4.78 is 1.24. The summed E-state index contributed by atoms with van der Waals surface area (Å²) in [5.74, 6) is 0. The lowest BCUT2D eigenvalue weighted by Gasteiger charge is -2.27. The van der Waals surface area contributed by atoms with Crippen molar-refractivity contribution < 1.29 is 0 Å². The van der Waals surface area contributed by atoms with Gasteiger partial charge in [0.25, 0.3) is 0 Å². The number of hydrogen-bond acceptors (Lipinski definition) is 2. The first-order valence-electron chi connectivity index (χ1n) is 6.93. The highest BCUT2D eigenvalue weighted by Gasteiger charge is 2.24. The predicted octanol–water partition coefficient (Wildman–Crippen LogP) is 5.89. The van der Waals surface area contributed by atoms with Crippen molar-refractivity contribution in [2.75, 3.05) is 0 Å². The maximum Gasteiger partial charge on any atom is 0.0704 e. The molecule has 0 fully saturated rings. The number of halogens is 2. The zero-order valence-corrected chi connectivity index (χ0v) is 14.5. The SMILES string of the molecule is C[C@H](NC1CCCc2sc(Br)cc21)c1ccccc1Cl. The lowest BCUT2D eigenvalue weighted by Crippen LogP contribution is -2.27. The summed E-state index contributed by atoms with van der Waals surface area (Å²) in [6.07, 6.45) is 3.67. The standard InChI is InChI=1S/C16H17BrClNS/c1-10(11-5-2-3-6-13(11)18)19-14-7-4-8-15-12(14)9-16(17)20-15/h2-3,5-6,9-10,14,19H,4,7-8H2,1H3/t10-,14?/m0/s1. The molecule has 0 spiro atoms. The van der Waals surface area contributed by atoms with Crippen LogP contribution in [0.15, 0.2) is 34.1 Å². The number of nitrogens with one attached hydrogen (secondary N) is 1. The summed E-state index contributed by atoms with van der Waals surface area (Å²) in [5.41, 5.74) is 2.64. The Kier molecular flexibility index (Phi) is 4.51. The summed E-state index contributed by atoms with van der Waals surface area (Å²) in [4.78, 5) is 1.52. The number of benzene rings is 1. The molecular formula is C16H17BrClNS. The molecule has 2 atom stereocenters. The molecule has 2 aromatic rings. The first-order chi connectivity index (χ1) is 9.65. The summed E-state index contributed by atoms with van der Waals surface area (Å²) in [6.45, 7) is 2.19. The summed E-state index contributed by atoms with van der Waals surface area (Å²) in [6, 6.07) is 11.1. The molecule has 0 saturated carbocycles. The molecule has 1 heterocycles. The van der Waals surface area contributed by atoms with Gasteiger partial charge in [-0.2, -0.15) is 0 Å². The van der Waals surface area contributed by atoms with Gasteiger partial charge >= 0.3 is 0 Å². The molecule has 1 nitrogen and oxygen atoms in total. The van der Waals surface area contributed by atoms with E-state index in [-0.39, 0.29) is 6.04 Å². The van der Waals surface area contributed by atoms with Crippen molar-refractivity contribution in [3.8, 4) is 0 Å². The van der Waals surface area contributed by atoms with Gasteiger partial charge in [0.2, 0.25) is 0 Å². The Morgan fingerprint density at radius 1 is 1.40 bits per heavy atom. The van der Waals surface area contributed by atoms with Gasteiger partial charge in [0.1, 0.15) is 0 Å². The van der Waals surface area contributed by atoms with Crippen LogP contribution in [0.1, 0.15) is 47.9 Å². The molecule has 20 heavy (non-hydrogen) atoms. The molecule has 106 valence electrons. The second-order valence-corrected chi connectivity index (χ2v) is 8.21. The minimum Gasteiger partial charge on any atom is -0.303 e. The van der Waals surface area contributed by atoms with Crippen LogP contribution in [0.2, 0.25) is 5.02 Å². The molecule has 1 aromatic heterocycles. The maximum atomic E-state index is 6.30. The minimum absolute atomic E-state index is 0.262. The normalized spacial score (nSPS) is 19.6. The van der Waals surface area contributed by atoms with Crippen molar-refractivity contribution >= 4 is 38.9 Å². The maximum absolute atomic E-state index is 6.30. The van der Waals surface area contributed by atoms with E-state index in [2.05, 4.69) is 40.3 Å². The minimum atomic E-state index is 0.262. The molecule has 1 N–H and O–H groups in total. The van der Waals surface area contributed by atoms with Crippen LogP contribution in [-0.2, 0) is 6.42 Å². The molecule has 1 unspecified atom stereocenters. The van der Waals surface area contributed by atoms with E-state index >= 15 is 0 Å². The highest BCUT2D eigenvalue weighted by atomic mass is 79.9. The molecule has 3 rings (SSSR count). The Morgan fingerprint density at radius 3 is 3.00 bits per heavy atom. The average molecular weight is 371 g/mol. The average Bonchev–Trinajstić information content (AvgIpc) is 2.80. The van der Waals surface area contributed by atoms with Gasteiger partial charge in [-0.15, -0.1) is 11.3 Å². The van der Waals surface area contributed by atoms with Gasteiger partial charge in [-0.25, -0.2) is 0 Å². The second-order valence-electron chi connectivity index (χ2n) is 5.28. The largest absolute Gasteiger partial charge is 0.303 e. The van der Waals surface area contributed by atoms with Crippen LogP contribution >= 0.6 is 38.9 Å². The van der Waals surface area contributed by atoms with Crippen LogP contribution < -0.4 is 5.32 Å². The van der Waals surface area contributed by atoms with Crippen molar-refractivity contribution in [1.29, 1.82) is 0 Å². The van der Waals surface area contributed by atoms with Gasteiger partial charge in [-0.3, -0.25) is 0 Å². The number of thiophene rings is 1. The fraction of sp³-hybridized carbons (Fsp3) is 0.375. The molecule has 0 saturated heterocycles. The summed E-state index contributed by atoms with van der Waals surface area (Å²) in [7, 11) is 0. The fourth-order valence-corrected chi connectivity index (χ4v) is 5.03. The van der Waals surface area contributed by atoms with E-state index in [4.69, 9.17) is 11.6 Å². The summed E-state index contributed by atoms with van der Waals surface area (Å²) in [5, 5.41) is 4.59. The van der Waals surface area contributed by atoms with Crippen LogP contribution in [0.25, 0.3) is 0 Å². The van der Waals surface area contributed by atoms with E-state index in [0.29, 0.717) is 6.04 Å². The third-order valence-electron chi connectivity index (χ3n) is 3.91. The smallest absolute Gasteiger partial charge is 0.0704 e. The van der Waals surface area contributed by atoms with Crippen molar-refractivity contribution in [2.45, 2.75) is 38.3 Å². The van der Waals surface area contributed by atoms with E-state index in [1.807, 2.05) is 29.5 Å². The van der Waals surface area contributed by atoms with Crippen molar-refractivity contribution in [2.24, 2.45) is 0 Å². The van der Waals surface area contributed by atoms with Gasteiger partial charge in [0.05, 0.1) is 3.79 Å². The molecule has 0 amide bonds. The molecule has 0 bridgehead atoms. The first kappa shape index (κ1) is 14.6. The van der Waals surface area contributed by atoms with Gasteiger partial charge in [0.15, 0.2) is 0 Å². The monoisotopic (exact) mass is 369 g/mol. The molecular weight excluding hydrogens is 354 g/mol. The topological polar surface area (TPSA) is 12.0 Å². The Balaban J connectivity index is 1.80. The first-order valence-corrected chi connectivity index (χ1v) is 8.92. The van der Waals surface area contributed by atoms with E-state index in [0.717, 1.165) is 5.02 Å². The van der Waals surface area contributed by atoms with Gasteiger partial charge in [-0.1, -0.05) is 29.8 Å². The van der Waals surface area contributed by atoms with Crippen molar-refractivity contribution in [1.82, 2.24) is 5.32 Å². The second kappa shape index (κ2) is 6.18. The highest BCUT2D eigenvalue weighted by Crippen LogP contribution is 2.39. The van der Waals surface area contributed by atoms with Crippen LogP contribution in [0, 0.1) is 0 Å². The number of hydrogen-bond donors (Lipinski definition) is 1. The van der Waals surface area contributed by atoms with Crippen molar-refractivity contribution in [3.63, 3.8) is 0 Å². The van der Waals surface area contributed by atoms with Crippen LogP contribution in [-0.4, -0.2) is 0 Å². The van der Waals surface area contributed by atoms with Crippen LogP contribution in [0.4, 0.5) is 0 Å². The fourth-order valence-electron chi connectivity index (χ4n) is 2.91. The number of fused-ring (bicyclic) bond motifs is 1. The van der Waals surface area contributed by atoms with Crippen molar-refractivity contribution in [3.05, 3.63) is 55.1 Å². The number of rotatable bonds is 3. The third-order valence-corrected chi connectivity index (χ3v) is 5.96. The Morgan fingerprint density at radius 2 is 2.20 bits per heavy atom. The Labute approximate surface area is 137 Å². The number of aryl methyl sites for hydroxylation is 1. The lowest BCUT2D eigenvalue weighted by atomic mass is 9.93. The van der Waals surface area contributed by atoms with E-state index in [9.17, 15) is 0 Å². The molecule has 1 aliphatic carbocycles. The van der Waals surface area contributed by atoms with E-state index in [1.54, 1.807) is 0 Å². The van der Waals surface area contributed by atoms with E-state index in [1.165, 1.54) is 39.1 Å². The molecule has 0 aliphatic heterocycles. The van der Waals surface area contributed by atoms with Gasteiger partial charge in [-0.05, 0) is 65.4 Å². The quantitative estimate of drug-likeness (QED) is 0.710. The molecule has 1 aliphatic rings. The Hall–Kier alpha value is -0.350.